The molecule has 1 aromatic carbocycles. The molecule has 3 rings (SSSR count). The van der Waals surface area contributed by atoms with Crippen LogP contribution in [0.15, 0.2) is 23.1 Å². The molecule has 0 saturated carbocycles. The summed E-state index contributed by atoms with van der Waals surface area (Å²) in [6, 6.07) is 4.05. The number of piperazine rings is 1. The molecule has 1 aliphatic heterocycles. The quantitative estimate of drug-likeness (QED) is 0.407. The number of hydrogen-bond acceptors (Lipinski definition) is 7. The third-order valence-corrected chi connectivity index (χ3v) is 8.49. The second kappa shape index (κ2) is 10.1. The molecular formula is C22H32N6O5S. The van der Waals surface area contributed by atoms with Crippen LogP contribution < -0.4 is 4.90 Å². The lowest BCUT2D eigenvalue weighted by Gasteiger charge is -2.36. The van der Waals surface area contributed by atoms with Crippen molar-refractivity contribution in [2.75, 3.05) is 44.2 Å². The number of amides is 1. The smallest absolute Gasteiger partial charge is 0.293 e. The topological polar surface area (TPSA) is 122 Å². The Hall–Kier alpha value is -2.99. The first-order chi connectivity index (χ1) is 16.0. The molecule has 2 heterocycles. The lowest BCUT2D eigenvalue weighted by molar-refractivity contribution is -0.384. The molecule has 0 radical (unpaired) electrons. The van der Waals surface area contributed by atoms with Gasteiger partial charge >= 0.3 is 0 Å². The van der Waals surface area contributed by atoms with Gasteiger partial charge < -0.3 is 9.80 Å². The Bertz CT molecular complexity index is 1180. The van der Waals surface area contributed by atoms with E-state index in [0.717, 1.165) is 23.0 Å². The van der Waals surface area contributed by atoms with Crippen molar-refractivity contribution in [1.82, 2.24) is 19.0 Å². The van der Waals surface area contributed by atoms with E-state index in [4.69, 9.17) is 0 Å². The average Bonchev–Trinajstić information content (AvgIpc) is 3.05. The third kappa shape index (κ3) is 4.92. The monoisotopic (exact) mass is 492 g/mol. The van der Waals surface area contributed by atoms with Gasteiger partial charge in [-0.2, -0.15) is 9.40 Å². The van der Waals surface area contributed by atoms with Gasteiger partial charge in [0.15, 0.2) is 0 Å². The van der Waals surface area contributed by atoms with Crippen molar-refractivity contribution in [3.63, 3.8) is 0 Å². The standard InChI is InChI=1S/C22H32N6O5S/c1-6-27(7-2)34(32,33)18-8-9-20(21(14-18)28(30)31)25-10-12-26(13-11-25)22(29)15-19-16(3)23-24(5)17(19)4/h8-9,14H,6-7,10-13,15H2,1-5H3. The van der Waals surface area contributed by atoms with Crippen LogP contribution in [0.25, 0.3) is 0 Å². The van der Waals surface area contributed by atoms with Crippen molar-refractivity contribution in [1.29, 1.82) is 0 Å². The van der Waals surface area contributed by atoms with Crippen molar-refractivity contribution >= 4 is 27.3 Å². The number of nitro benzene ring substituents is 1. The van der Waals surface area contributed by atoms with Crippen LogP contribution in [-0.4, -0.2) is 77.5 Å². The lowest BCUT2D eigenvalue weighted by atomic mass is 10.1. The van der Waals surface area contributed by atoms with E-state index >= 15 is 0 Å². The van der Waals surface area contributed by atoms with E-state index in [-0.39, 0.29) is 36.0 Å². The molecular weight excluding hydrogens is 460 g/mol. The van der Waals surface area contributed by atoms with Gasteiger partial charge in [-0.25, -0.2) is 8.42 Å². The summed E-state index contributed by atoms with van der Waals surface area (Å²) < 4.78 is 28.7. The van der Waals surface area contributed by atoms with Gasteiger partial charge in [-0.1, -0.05) is 13.8 Å². The van der Waals surface area contributed by atoms with E-state index in [1.165, 1.54) is 16.4 Å². The van der Waals surface area contributed by atoms with Gasteiger partial charge in [-0.3, -0.25) is 19.6 Å². The summed E-state index contributed by atoms with van der Waals surface area (Å²) in [4.78, 5) is 27.6. The molecule has 0 spiro atoms. The van der Waals surface area contributed by atoms with E-state index in [1.807, 2.05) is 25.8 Å². The Kier molecular flexibility index (Phi) is 7.61. The summed E-state index contributed by atoms with van der Waals surface area (Å²) in [6.07, 6.45) is 0.267. The van der Waals surface area contributed by atoms with Gasteiger partial charge in [0, 0.05) is 63.6 Å². The molecule has 2 aromatic rings. The van der Waals surface area contributed by atoms with Gasteiger partial charge in [0.25, 0.3) is 5.69 Å². The first-order valence-corrected chi connectivity index (χ1v) is 12.8. The molecule has 0 atom stereocenters. The number of nitro groups is 1. The zero-order chi connectivity index (χ0) is 25.2. The Morgan fingerprint density at radius 3 is 2.26 bits per heavy atom. The summed E-state index contributed by atoms with van der Waals surface area (Å²) >= 11 is 0. The molecule has 12 heteroatoms. The fraction of sp³-hybridized carbons (Fsp3) is 0.545. The van der Waals surface area contributed by atoms with E-state index in [9.17, 15) is 23.3 Å². The highest BCUT2D eigenvalue weighted by atomic mass is 32.2. The number of aryl methyl sites for hydroxylation is 2. The maximum absolute atomic E-state index is 12.9. The molecule has 1 saturated heterocycles. The molecule has 11 nitrogen and oxygen atoms in total. The lowest BCUT2D eigenvalue weighted by Crippen LogP contribution is -2.49. The summed E-state index contributed by atoms with van der Waals surface area (Å²) in [6.45, 7) is 9.51. The van der Waals surface area contributed by atoms with Crippen LogP contribution >= 0.6 is 0 Å². The third-order valence-electron chi connectivity index (χ3n) is 6.45. The minimum atomic E-state index is -3.81. The number of carbonyl (C=O) groups is 1. The maximum atomic E-state index is 12.9. The first-order valence-electron chi connectivity index (χ1n) is 11.3. The number of benzene rings is 1. The largest absolute Gasteiger partial charge is 0.362 e. The highest BCUT2D eigenvalue weighted by Crippen LogP contribution is 2.32. The highest BCUT2D eigenvalue weighted by molar-refractivity contribution is 7.89. The second-order valence-corrected chi connectivity index (χ2v) is 10.3. The average molecular weight is 493 g/mol. The summed E-state index contributed by atoms with van der Waals surface area (Å²) in [5.74, 6) is -0.00554. The van der Waals surface area contributed by atoms with Crippen LogP contribution in [0.5, 0.6) is 0 Å². The molecule has 186 valence electrons. The zero-order valence-electron chi connectivity index (χ0n) is 20.3. The number of rotatable bonds is 8. The molecule has 1 fully saturated rings. The van der Waals surface area contributed by atoms with E-state index in [2.05, 4.69) is 5.10 Å². The van der Waals surface area contributed by atoms with Gasteiger partial charge in [0.05, 0.1) is 21.9 Å². The number of nitrogens with zero attached hydrogens (tertiary/aromatic N) is 6. The van der Waals surface area contributed by atoms with Crippen LogP contribution in [0.2, 0.25) is 0 Å². The fourth-order valence-electron chi connectivity index (χ4n) is 4.32. The SMILES string of the molecule is CCN(CC)S(=O)(=O)c1ccc(N2CCN(C(=O)Cc3c(C)nn(C)c3C)CC2)c([N+](=O)[O-])c1. The number of hydrogen-bond donors (Lipinski definition) is 0. The Balaban J connectivity index is 1.75. The number of carbonyl (C=O) groups excluding carboxylic acids is 1. The van der Waals surface area contributed by atoms with Crippen LogP contribution in [0.3, 0.4) is 0 Å². The summed E-state index contributed by atoms with van der Waals surface area (Å²) in [5, 5.41) is 16.2. The Morgan fingerprint density at radius 2 is 1.76 bits per heavy atom. The summed E-state index contributed by atoms with van der Waals surface area (Å²) in [5.41, 5.74) is 2.82. The minimum Gasteiger partial charge on any atom is -0.362 e. The molecule has 1 aliphatic rings. The van der Waals surface area contributed by atoms with Crippen molar-refractivity contribution in [3.05, 3.63) is 45.3 Å². The molecule has 0 unspecified atom stereocenters. The van der Waals surface area contributed by atoms with Gasteiger partial charge in [-0.05, 0) is 26.0 Å². The first kappa shape index (κ1) is 25.6. The molecule has 0 N–H and O–H groups in total. The van der Waals surface area contributed by atoms with Crippen molar-refractivity contribution < 1.29 is 18.1 Å². The summed E-state index contributed by atoms with van der Waals surface area (Å²) in [7, 11) is -1.96. The van der Waals surface area contributed by atoms with Crippen LogP contribution in [0, 0.1) is 24.0 Å². The Morgan fingerprint density at radius 1 is 1.15 bits per heavy atom. The molecule has 0 bridgehead atoms. The van der Waals surface area contributed by atoms with Gasteiger partial charge in [0.1, 0.15) is 5.69 Å². The predicted octanol–water partition coefficient (Wildman–Crippen LogP) is 1.87. The van der Waals surface area contributed by atoms with E-state index in [1.54, 1.807) is 23.4 Å². The van der Waals surface area contributed by atoms with Crippen molar-refractivity contribution in [3.8, 4) is 0 Å². The number of aromatic nitrogens is 2. The van der Waals surface area contributed by atoms with Crippen LogP contribution in [0.1, 0.15) is 30.8 Å². The van der Waals surface area contributed by atoms with Crippen LogP contribution in [-0.2, 0) is 28.3 Å². The molecule has 1 amide bonds. The normalized spacial score (nSPS) is 14.6. The number of anilines is 1. The van der Waals surface area contributed by atoms with Crippen molar-refractivity contribution in [2.45, 2.75) is 39.0 Å². The van der Waals surface area contributed by atoms with Crippen LogP contribution in [0.4, 0.5) is 11.4 Å². The second-order valence-electron chi connectivity index (χ2n) is 8.31. The maximum Gasteiger partial charge on any atom is 0.293 e. The molecule has 1 aromatic heterocycles. The Labute approximate surface area is 200 Å². The number of sulfonamides is 1. The fourth-order valence-corrected chi connectivity index (χ4v) is 5.80. The van der Waals surface area contributed by atoms with E-state index < -0.39 is 14.9 Å². The van der Waals surface area contributed by atoms with Crippen molar-refractivity contribution in [2.24, 2.45) is 7.05 Å². The highest BCUT2D eigenvalue weighted by Gasteiger charge is 2.30. The molecule has 0 aliphatic carbocycles. The predicted molar refractivity (Wildman–Crippen MR) is 128 cm³/mol. The zero-order valence-corrected chi connectivity index (χ0v) is 21.1. The van der Waals surface area contributed by atoms with Gasteiger partial charge in [0.2, 0.25) is 15.9 Å². The van der Waals surface area contributed by atoms with E-state index in [0.29, 0.717) is 31.9 Å². The molecule has 34 heavy (non-hydrogen) atoms. The van der Waals surface area contributed by atoms with Gasteiger partial charge in [-0.15, -0.1) is 0 Å². The minimum absolute atomic E-state index is 0.00554.